The van der Waals surface area contributed by atoms with E-state index < -0.39 is 0 Å². The first-order valence-electron chi connectivity index (χ1n) is 27.4. The molecule has 3 amide bonds. The molecular formula is C56H84ClN9O8. The summed E-state index contributed by atoms with van der Waals surface area (Å²) in [5, 5.41) is 4.17. The number of nitrogens with one attached hydrogen (secondary N) is 1. The van der Waals surface area contributed by atoms with Crippen molar-refractivity contribution in [2.75, 3.05) is 72.0 Å². The van der Waals surface area contributed by atoms with Crippen LogP contribution in [-0.4, -0.2) is 133 Å². The molecule has 4 fully saturated rings. The Morgan fingerprint density at radius 3 is 1.27 bits per heavy atom. The van der Waals surface area contributed by atoms with Crippen molar-refractivity contribution in [1.29, 1.82) is 0 Å². The Morgan fingerprint density at radius 2 is 0.919 bits per heavy atom. The highest BCUT2D eigenvalue weighted by Crippen LogP contribution is 2.32. The van der Waals surface area contributed by atoms with E-state index in [1.165, 1.54) is 33.3 Å². The summed E-state index contributed by atoms with van der Waals surface area (Å²) in [7, 11) is 3.41. The molecule has 0 atom stereocenters. The number of carbonyl (C=O) groups excluding carboxylic acids is 4. The quantitative estimate of drug-likeness (QED) is 0.161. The van der Waals surface area contributed by atoms with Crippen LogP contribution in [0.2, 0.25) is 0 Å². The van der Waals surface area contributed by atoms with Crippen molar-refractivity contribution in [3.8, 4) is 0 Å². The molecule has 2 aromatic carbocycles. The van der Waals surface area contributed by atoms with E-state index in [2.05, 4.69) is 31.0 Å². The molecular weight excluding hydrogens is 962 g/mol. The van der Waals surface area contributed by atoms with Gasteiger partial charge in [-0.1, -0.05) is 58.9 Å². The van der Waals surface area contributed by atoms with E-state index in [1.807, 2.05) is 52.8 Å². The molecule has 1 N–H and O–H groups in total. The number of carbonyl (C=O) groups is 4. The largest absolute Gasteiger partial charge is 0.340 e. The van der Waals surface area contributed by atoms with Crippen molar-refractivity contribution in [2.45, 2.75) is 125 Å². The summed E-state index contributed by atoms with van der Waals surface area (Å²) in [5.74, 6) is 1.21. The molecule has 0 unspecified atom stereocenters. The van der Waals surface area contributed by atoms with Crippen LogP contribution in [0.15, 0.2) is 67.7 Å². The van der Waals surface area contributed by atoms with Crippen molar-refractivity contribution in [1.82, 2.24) is 43.2 Å². The molecule has 2 saturated carbocycles. The van der Waals surface area contributed by atoms with Crippen LogP contribution in [0.3, 0.4) is 0 Å². The van der Waals surface area contributed by atoms with Crippen LogP contribution in [0.4, 0.5) is 0 Å². The first kappa shape index (κ1) is 59.5. The molecule has 17 nitrogen and oxygen atoms in total. The molecule has 4 heterocycles. The van der Waals surface area contributed by atoms with Crippen molar-refractivity contribution in [3.05, 3.63) is 90.2 Å². The van der Waals surface area contributed by atoms with Gasteiger partial charge in [-0.2, -0.15) is 0 Å². The van der Waals surface area contributed by atoms with Gasteiger partial charge in [-0.3, -0.25) is 47.0 Å². The highest BCUT2D eigenvalue weighted by atomic mass is 35.5. The summed E-state index contributed by atoms with van der Waals surface area (Å²) in [5.41, 5.74) is 0.323. The number of para-hydroxylation sites is 2. The second kappa shape index (κ2) is 29.6. The highest BCUT2D eigenvalue weighted by molar-refractivity contribution is 6.63. The fourth-order valence-electron chi connectivity index (χ4n) is 10.8. The van der Waals surface area contributed by atoms with Crippen LogP contribution in [0.5, 0.6) is 0 Å². The first-order chi connectivity index (χ1) is 35.6. The number of hydrogen-bond acceptors (Lipinski definition) is 10. The van der Waals surface area contributed by atoms with E-state index in [1.54, 1.807) is 42.9 Å². The lowest BCUT2D eigenvalue weighted by Crippen LogP contribution is -2.52. The van der Waals surface area contributed by atoms with Gasteiger partial charge in [-0.25, -0.2) is 9.59 Å². The maximum Gasteiger partial charge on any atom is 0.331 e. The Bertz CT molecular complexity index is 2710. The third-order valence-corrected chi connectivity index (χ3v) is 15.6. The SMILES string of the molecule is CCCC(=O)Cl.CCCC(=O)N1CCN(C(=O)C2CCC(Cn3c(=O)c4ccccc4n(C)c3=O)CC2)CC1.CCN(CC)CC.Cn1c(=O)n(CC2CCC(C(=O)N3CCNCC3)CC2)c(=O)c2ccccc21. The molecule has 2 aliphatic heterocycles. The average molecular weight is 1050 g/mol. The molecule has 2 aliphatic carbocycles. The fraction of sp³-hybridized carbons (Fsp3) is 0.643. The van der Waals surface area contributed by atoms with Gasteiger partial charge in [0, 0.05) is 104 Å². The minimum absolute atomic E-state index is 0.00435. The van der Waals surface area contributed by atoms with E-state index in [0.717, 1.165) is 90.4 Å². The second-order valence-electron chi connectivity index (χ2n) is 20.2. The van der Waals surface area contributed by atoms with Crippen LogP contribution in [0.1, 0.15) is 112 Å². The number of nitrogens with zero attached hydrogens (tertiary/aromatic N) is 8. The minimum atomic E-state index is -0.285. The molecule has 2 aromatic heterocycles. The van der Waals surface area contributed by atoms with Gasteiger partial charge in [-0.05, 0) is 132 Å². The van der Waals surface area contributed by atoms with Crippen LogP contribution in [-0.2, 0) is 46.4 Å². The molecule has 8 rings (SSSR count). The lowest BCUT2D eigenvalue weighted by atomic mass is 9.81. The smallest absolute Gasteiger partial charge is 0.331 e. The maximum atomic E-state index is 13.0. The molecule has 408 valence electrons. The number of benzene rings is 2. The lowest BCUT2D eigenvalue weighted by molar-refractivity contribution is -0.143. The molecule has 0 spiro atoms. The van der Waals surface area contributed by atoms with Gasteiger partial charge in [0.15, 0.2) is 0 Å². The van der Waals surface area contributed by atoms with Crippen molar-refractivity contribution in [2.24, 2.45) is 37.8 Å². The van der Waals surface area contributed by atoms with Gasteiger partial charge in [0.25, 0.3) is 11.1 Å². The fourth-order valence-corrected chi connectivity index (χ4v) is 11.0. The van der Waals surface area contributed by atoms with Gasteiger partial charge in [0.05, 0.1) is 21.8 Å². The van der Waals surface area contributed by atoms with Gasteiger partial charge >= 0.3 is 11.4 Å². The summed E-state index contributed by atoms with van der Waals surface area (Å²) in [6, 6.07) is 14.4. The number of piperazine rings is 2. The van der Waals surface area contributed by atoms with E-state index in [-0.39, 0.29) is 69.1 Å². The molecule has 0 radical (unpaired) electrons. The number of aromatic nitrogens is 4. The number of hydrogen-bond donors (Lipinski definition) is 1. The van der Waals surface area contributed by atoms with Crippen LogP contribution >= 0.6 is 11.6 Å². The number of fused-ring (bicyclic) bond motifs is 2. The Labute approximate surface area is 441 Å². The lowest BCUT2D eigenvalue weighted by Gasteiger charge is -2.38. The van der Waals surface area contributed by atoms with Crippen molar-refractivity contribution >= 4 is 56.4 Å². The van der Waals surface area contributed by atoms with Gasteiger partial charge in [0.2, 0.25) is 23.0 Å². The second-order valence-corrected chi connectivity index (χ2v) is 20.7. The zero-order valence-electron chi connectivity index (χ0n) is 45.3. The third kappa shape index (κ3) is 15.8. The van der Waals surface area contributed by atoms with Crippen LogP contribution in [0, 0.1) is 23.7 Å². The molecule has 0 bridgehead atoms. The molecule has 74 heavy (non-hydrogen) atoms. The van der Waals surface area contributed by atoms with Crippen molar-refractivity contribution in [3.63, 3.8) is 0 Å². The monoisotopic (exact) mass is 1050 g/mol. The molecule has 4 aliphatic rings. The number of amides is 3. The molecule has 2 saturated heterocycles. The summed E-state index contributed by atoms with van der Waals surface area (Å²) < 4.78 is 5.83. The van der Waals surface area contributed by atoms with E-state index in [9.17, 15) is 38.4 Å². The Morgan fingerprint density at radius 1 is 0.541 bits per heavy atom. The predicted molar refractivity (Wildman–Crippen MR) is 295 cm³/mol. The molecule has 18 heteroatoms. The zero-order chi connectivity index (χ0) is 53.9. The van der Waals surface area contributed by atoms with Gasteiger partial charge in [0.1, 0.15) is 0 Å². The minimum Gasteiger partial charge on any atom is -0.340 e. The first-order valence-corrected chi connectivity index (χ1v) is 27.8. The van der Waals surface area contributed by atoms with E-state index in [0.29, 0.717) is 73.9 Å². The Hall–Kier alpha value is -5.39. The predicted octanol–water partition coefficient (Wildman–Crippen LogP) is 5.82. The summed E-state index contributed by atoms with van der Waals surface area (Å²) in [4.78, 5) is 107. The molecule has 4 aromatic rings. The Balaban J connectivity index is 0.000000223. The van der Waals surface area contributed by atoms with E-state index >= 15 is 0 Å². The number of aryl methyl sites for hydroxylation is 2. The van der Waals surface area contributed by atoms with Crippen molar-refractivity contribution < 1.29 is 19.2 Å². The van der Waals surface area contributed by atoms with Crippen LogP contribution < -0.4 is 27.8 Å². The van der Waals surface area contributed by atoms with Gasteiger partial charge < -0.3 is 24.9 Å². The average Bonchev–Trinajstić information content (AvgIpc) is 3.43. The van der Waals surface area contributed by atoms with E-state index in [4.69, 9.17) is 11.6 Å². The standard InChI is InChI=1S/C25H34N4O4.C21H28N4O3.C6H15N.C4H7ClO/c1-3-6-22(30)27-13-15-28(16-14-27)23(31)19-11-9-18(10-12-19)17-29-24(32)20-7-4-5-8-21(20)26(2)25(29)33;1-23-18-5-3-2-4-17(18)20(27)25(21(23)28)14-15-6-8-16(9-7-15)19(26)24-12-10-22-11-13-24;1-4-7(5-2)6-3;1-2-3-4(5)6/h4-5,7-8,18-19H,3,6,9-17H2,1-2H3;2-5,15-16,22H,6-14H2,1H3;4-6H2,1-3H3;2-3H2,1H3. The number of halogens is 1. The Kier molecular flexibility index (Phi) is 23.8. The number of rotatable bonds is 13. The third-order valence-electron chi connectivity index (χ3n) is 15.4. The van der Waals surface area contributed by atoms with Gasteiger partial charge in [-0.15, -0.1) is 0 Å². The summed E-state index contributed by atoms with van der Waals surface area (Å²) in [6.45, 7) is 20.7. The zero-order valence-corrected chi connectivity index (χ0v) is 46.1. The maximum absolute atomic E-state index is 13.0. The topological polar surface area (TPSA) is 181 Å². The highest BCUT2D eigenvalue weighted by Gasteiger charge is 2.33. The summed E-state index contributed by atoms with van der Waals surface area (Å²) in [6.07, 6.45) is 9.43. The normalized spacial score (nSPS) is 19.9. The summed E-state index contributed by atoms with van der Waals surface area (Å²) >= 11 is 4.94. The van der Waals surface area contributed by atoms with Crippen LogP contribution in [0.25, 0.3) is 21.8 Å².